The lowest BCUT2D eigenvalue weighted by Gasteiger charge is -2.20. The van der Waals surface area contributed by atoms with Gasteiger partial charge in [0, 0.05) is 6.42 Å². The van der Waals surface area contributed by atoms with Crippen LogP contribution in [0.4, 0.5) is 4.39 Å². The van der Waals surface area contributed by atoms with E-state index in [-0.39, 0.29) is 16.1 Å². The molecule has 0 amide bonds. The Balaban J connectivity index is 0.000000527. The second kappa shape index (κ2) is 10.9. The monoisotopic (exact) mass is 438 g/mol. The van der Waals surface area contributed by atoms with Gasteiger partial charge >= 0.3 is 11.9 Å². The van der Waals surface area contributed by atoms with Gasteiger partial charge in [-0.05, 0) is 40.2 Å². The topological polar surface area (TPSA) is 134 Å². The number of halogens is 2. The molecule has 9 heteroatoms. The van der Waals surface area contributed by atoms with Gasteiger partial charge in [0.25, 0.3) is 0 Å². The van der Waals surface area contributed by atoms with Gasteiger partial charge in [-0.15, -0.1) is 0 Å². The number of nitriles is 1. The Morgan fingerprint density at radius 3 is 2.30 bits per heavy atom. The Morgan fingerprint density at radius 1 is 1.22 bits per heavy atom. The van der Waals surface area contributed by atoms with E-state index in [1.54, 1.807) is 0 Å². The predicted octanol–water partition coefficient (Wildman–Crippen LogP) is 3.08. The maximum atomic E-state index is 13.5. The summed E-state index contributed by atoms with van der Waals surface area (Å²) in [7, 11) is 0. The highest BCUT2D eigenvalue weighted by molar-refractivity contribution is 9.10. The van der Waals surface area contributed by atoms with Gasteiger partial charge in [-0.3, -0.25) is 0 Å². The lowest BCUT2D eigenvalue weighted by molar-refractivity contribution is -0.159. The number of benzene rings is 2. The standard InChI is InChI=1S/C16H14BrFN2O.C2H2O4/c17-13-9-16(12(10-20)8-14(13)18)21-15(6-7-19)11-4-2-1-3-5-11;3-1(4)2(5)6/h1-5,8-9,15H,6-7,19H2;(H,3,4)(H,5,6)/t15-;/m1./s1. The number of hydrogen-bond acceptors (Lipinski definition) is 5. The van der Waals surface area contributed by atoms with Crippen molar-refractivity contribution in [2.45, 2.75) is 12.5 Å². The van der Waals surface area contributed by atoms with E-state index in [4.69, 9.17) is 35.5 Å². The quantitative estimate of drug-likeness (QED) is 0.610. The number of carbonyl (C=O) groups is 2. The van der Waals surface area contributed by atoms with E-state index >= 15 is 0 Å². The van der Waals surface area contributed by atoms with Gasteiger partial charge < -0.3 is 20.7 Å². The molecule has 142 valence electrons. The summed E-state index contributed by atoms with van der Waals surface area (Å²) in [6, 6.07) is 14.2. The van der Waals surface area contributed by atoms with Crippen LogP contribution < -0.4 is 10.5 Å². The molecule has 0 heterocycles. The summed E-state index contributed by atoms with van der Waals surface area (Å²) >= 11 is 3.11. The van der Waals surface area contributed by atoms with Crippen LogP contribution in [-0.4, -0.2) is 28.7 Å². The summed E-state index contributed by atoms with van der Waals surface area (Å²) in [6.45, 7) is 0.448. The molecule has 4 N–H and O–H groups in total. The van der Waals surface area contributed by atoms with Crippen molar-refractivity contribution >= 4 is 27.9 Å². The molecular weight excluding hydrogens is 423 g/mol. The molecule has 0 aliphatic carbocycles. The van der Waals surface area contributed by atoms with Gasteiger partial charge in [0.1, 0.15) is 23.7 Å². The first-order chi connectivity index (χ1) is 12.8. The molecule has 0 aliphatic heterocycles. The highest BCUT2D eigenvalue weighted by Gasteiger charge is 2.16. The Hall–Kier alpha value is -2.96. The molecule has 0 fully saturated rings. The van der Waals surface area contributed by atoms with Crippen molar-refractivity contribution in [1.29, 1.82) is 5.26 Å². The summed E-state index contributed by atoms with van der Waals surface area (Å²) in [5.41, 5.74) is 6.76. The van der Waals surface area contributed by atoms with E-state index in [0.29, 0.717) is 18.7 Å². The molecule has 1 atom stereocenters. The summed E-state index contributed by atoms with van der Waals surface area (Å²) in [4.78, 5) is 18.2. The number of nitrogens with zero attached hydrogens (tertiary/aromatic N) is 1. The highest BCUT2D eigenvalue weighted by atomic mass is 79.9. The molecule has 2 aromatic rings. The summed E-state index contributed by atoms with van der Waals surface area (Å²) in [6.07, 6.45) is 0.324. The Bertz CT molecular complexity index is 828. The fourth-order valence-corrected chi connectivity index (χ4v) is 2.30. The van der Waals surface area contributed by atoms with Gasteiger partial charge in [0.15, 0.2) is 0 Å². The van der Waals surface area contributed by atoms with Gasteiger partial charge in [0.2, 0.25) is 0 Å². The minimum Gasteiger partial charge on any atom is -0.484 e. The van der Waals surface area contributed by atoms with Crippen molar-refractivity contribution in [3.63, 3.8) is 0 Å². The second-order valence-corrected chi connectivity index (χ2v) is 5.93. The summed E-state index contributed by atoms with van der Waals surface area (Å²) in [5, 5.41) is 23.9. The lowest BCUT2D eigenvalue weighted by Crippen LogP contribution is -2.14. The summed E-state index contributed by atoms with van der Waals surface area (Å²) < 4.78 is 19.6. The first-order valence-electron chi connectivity index (χ1n) is 7.57. The van der Waals surface area contributed by atoms with Gasteiger partial charge in [-0.1, -0.05) is 30.3 Å². The minimum atomic E-state index is -1.82. The van der Waals surface area contributed by atoms with E-state index in [2.05, 4.69) is 15.9 Å². The average molecular weight is 439 g/mol. The molecule has 0 spiro atoms. The zero-order valence-electron chi connectivity index (χ0n) is 13.9. The van der Waals surface area contributed by atoms with Crippen LogP contribution in [0.15, 0.2) is 46.9 Å². The largest absolute Gasteiger partial charge is 0.484 e. The van der Waals surface area contributed by atoms with E-state index in [9.17, 15) is 4.39 Å². The Labute approximate surface area is 162 Å². The number of carboxylic acid groups (broad SMARTS) is 2. The minimum absolute atomic E-state index is 0.161. The number of rotatable bonds is 5. The molecule has 0 saturated heterocycles. The molecule has 0 aromatic heterocycles. The fourth-order valence-electron chi connectivity index (χ4n) is 1.98. The summed E-state index contributed by atoms with van der Waals surface area (Å²) in [5.74, 6) is -3.80. The number of aliphatic carboxylic acids is 2. The zero-order chi connectivity index (χ0) is 20.4. The normalized spacial score (nSPS) is 10.7. The van der Waals surface area contributed by atoms with E-state index in [1.165, 1.54) is 6.07 Å². The van der Waals surface area contributed by atoms with E-state index < -0.39 is 17.8 Å². The Morgan fingerprint density at radius 2 is 1.81 bits per heavy atom. The fraction of sp³-hybridized carbons (Fsp3) is 0.167. The van der Waals surface area contributed by atoms with Gasteiger partial charge in [0.05, 0.1) is 10.0 Å². The molecule has 7 nitrogen and oxygen atoms in total. The number of carboxylic acids is 2. The van der Waals surface area contributed by atoms with E-state index in [0.717, 1.165) is 11.6 Å². The van der Waals surface area contributed by atoms with Crippen molar-refractivity contribution in [1.82, 2.24) is 0 Å². The molecule has 27 heavy (non-hydrogen) atoms. The third-order valence-corrected chi connectivity index (χ3v) is 3.80. The number of hydrogen-bond donors (Lipinski definition) is 3. The molecule has 2 rings (SSSR count). The van der Waals surface area contributed by atoms with Gasteiger partial charge in [-0.25, -0.2) is 14.0 Å². The number of ether oxygens (including phenoxy) is 1. The third kappa shape index (κ3) is 7.05. The second-order valence-electron chi connectivity index (χ2n) is 5.08. The molecule has 0 radical (unpaired) electrons. The van der Waals surface area contributed by atoms with Crippen molar-refractivity contribution in [2.24, 2.45) is 5.73 Å². The first-order valence-corrected chi connectivity index (χ1v) is 8.36. The third-order valence-electron chi connectivity index (χ3n) is 3.20. The van der Waals surface area contributed by atoms with Crippen LogP contribution in [0.1, 0.15) is 23.7 Å². The first kappa shape index (κ1) is 22.1. The van der Waals surface area contributed by atoms with Crippen molar-refractivity contribution < 1.29 is 28.9 Å². The molecule has 0 aliphatic rings. The van der Waals surface area contributed by atoms with E-state index in [1.807, 2.05) is 36.4 Å². The Kier molecular flexibility index (Phi) is 8.92. The number of nitrogens with two attached hydrogens (primary N) is 1. The van der Waals surface area contributed by atoms with Crippen LogP contribution in [0.5, 0.6) is 5.75 Å². The van der Waals surface area contributed by atoms with Crippen molar-refractivity contribution in [3.05, 3.63) is 63.9 Å². The lowest BCUT2D eigenvalue weighted by atomic mass is 10.1. The molecule has 0 unspecified atom stereocenters. The SMILES string of the molecule is N#Cc1cc(F)c(Br)cc1O[C@H](CCN)c1ccccc1.O=C(O)C(=O)O. The van der Waals surface area contributed by atoms with Crippen LogP contribution in [0, 0.1) is 17.1 Å². The maximum Gasteiger partial charge on any atom is 0.414 e. The maximum absolute atomic E-state index is 13.5. The molecule has 0 saturated carbocycles. The molecular formula is C18H16BrFN2O5. The predicted molar refractivity (Wildman–Crippen MR) is 97.6 cm³/mol. The van der Waals surface area contributed by atoms with Crippen molar-refractivity contribution in [2.75, 3.05) is 6.54 Å². The zero-order valence-corrected chi connectivity index (χ0v) is 15.5. The van der Waals surface area contributed by atoms with Gasteiger partial charge in [-0.2, -0.15) is 5.26 Å². The smallest absolute Gasteiger partial charge is 0.414 e. The highest BCUT2D eigenvalue weighted by Crippen LogP contribution is 2.31. The van der Waals surface area contributed by atoms with Crippen LogP contribution in [0.3, 0.4) is 0 Å². The van der Waals surface area contributed by atoms with Crippen LogP contribution in [0.2, 0.25) is 0 Å². The van der Waals surface area contributed by atoms with Crippen LogP contribution in [0.25, 0.3) is 0 Å². The molecule has 2 aromatic carbocycles. The molecule has 0 bridgehead atoms. The van der Waals surface area contributed by atoms with Crippen LogP contribution in [-0.2, 0) is 9.59 Å². The average Bonchev–Trinajstić information content (AvgIpc) is 2.65. The van der Waals surface area contributed by atoms with Crippen molar-refractivity contribution in [3.8, 4) is 11.8 Å². The van der Waals surface area contributed by atoms with Crippen LogP contribution >= 0.6 is 15.9 Å².